The highest BCUT2D eigenvalue weighted by molar-refractivity contribution is 7.92. The molecule has 0 aromatic heterocycles. The molecule has 7 heteroatoms. The van der Waals surface area contributed by atoms with Crippen molar-refractivity contribution in [2.45, 2.75) is 23.0 Å². The molecular formula is C9H11BO5S. The van der Waals surface area contributed by atoms with E-state index in [1.165, 1.54) is 24.3 Å². The van der Waals surface area contributed by atoms with Crippen molar-refractivity contribution in [3.8, 4) is 5.75 Å². The molecule has 2 N–H and O–H groups in total. The largest absolute Gasteiger partial charge is 0.707 e. The topological polar surface area (TPSA) is 83.8 Å². The lowest BCUT2D eigenvalue weighted by Crippen LogP contribution is -2.20. The van der Waals surface area contributed by atoms with Crippen molar-refractivity contribution >= 4 is 17.2 Å². The summed E-state index contributed by atoms with van der Waals surface area (Å²) in [5.41, 5.74) is 0. The maximum Gasteiger partial charge on any atom is 0.707 e. The molecule has 0 heterocycles. The van der Waals surface area contributed by atoms with Crippen LogP contribution in [0.25, 0.3) is 0 Å². The quantitative estimate of drug-likeness (QED) is 0.724. The van der Waals surface area contributed by atoms with Crippen LogP contribution in [0.4, 0.5) is 0 Å². The Bertz CT molecular complexity index is 480. The van der Waals surface area contributed by atoms with Gasteiger partial charge in [-0.2, -0.15) is 0 Å². The molecule has 1 aromatic rings. The molecule has 1 aliphatic carbocycles. The molecule has 0 spiro atoms. The highest BCUT2D eigenvalue weighted by atomic mass is 32.2. The molecule has 16 heavy (non-hydrogen) atoms. The second-order valence-electron chi connectivity index (χ2n) is 3.66. The molecule has 0 unspecified atom stereocenters. The first-order valence-electron chi connectivity index (χ1n) is 4.87. The fourth-order valence-corrected chi connectivity index (χ4v) is 3.11. The van der Waals surface area contributed by atoms with E-state index in [-0.39, 0.29) is 15.9 Å². The summed E-state index contributed by atoms with van der Waals surface area (Å²) in [6.07, 6.45) is 1.38. The highest BCUT2D eigenvalue weighted by Gasteiger charge is 2.37. The third kappa shape index (κ3) is 2.37. The first-order chi connectivity index (χ1) is 7.50. The molecule has 5 nitrogen and oxygen atoms in total. The van der Waals surface area contributed by atoms with Crippen LogP contribution in [0, 0.1) is 0 Å². The Kier molecular flexibility index (Phi) is 2.92. The minimum Gasteiger partial charge on any atom is -0.512 e. The van der Waals surface area contributed by atoms with Gasteiger partial charge in [0.2, 0.25) is 0 Å². The summed E-state index contributed by atoms with van der Waals surface area (Å²) < 4.78 is 28.3. The van der Waals surface area contributed by atoms with Gasteiger partial charge >= 0.3 is 7.32 Å². The van der Waals surface area contributed by atoms with Gasteiger partial charge in [0.05, 0.1) is 10.1 Å². The van der Waals surface area contributed by atoms with E-state index in [9.17, 15) is 8.42 Å². The second-order valence-corrected chi connectivity index (χ2v) is 5.89. The first-order valence-corrected chi connectivity index (χ1v) is 6.41. The third-order valence-electron chi connectivity index (χ3n) is 2.34. The van der Waals surface area contributed by atoms with E-state index in [4.69, 9.17) is 10.0 Å². The van der Waals surface area contributed by atoms with Gasteiger partial charge in [-0.25, -0.2) is 8.42 Å². The molecule has 0 radical (unpaired) electrons. The van der Waals surface area contributed by atoms with E-state index in [2.05, 4.69) is 4.65 Å². The average Bonchev–Trinajstić information content (AvgIpc) is 3.00. The number of hydrogen-bond acceptors (Lipinski definition) is 5. The predicted molar refractivity (Wildman–Crippen MR) is 57.5 cm³/mol. The van der Waals surface area contributed by atoms with Crippen molar-refractivity contribution in [2.75, 3.05) is 0 Å². The van der Waals surface area contributed by atoms with Crippen LogP contribution in [0.2, 0.25) is 0 Å². The Hall–Kier alpha value is -1.05. The van der Waals surface area contributed by atoms with E-state index < -0.39 is 17.2 Å². The Morgan fingerprint density at radius 3 is 2.56 bits per heavy atom. The maximum absolute atomic E-state index is 11.9. The van der Waals surface area contributed by atoms with E-state index in [1.54, 1.807) is 0 Å². The fraction of sp³-hybridized carbons (Fsp3) is 0.333. The third-order valence-corrected chi connectivity index (χ3v) is 4.60. The molecule has 1 aromatic carbocycles. The lowest BCUT2D eigenvalue weighted by Gasteiger charge is -2.07. The van der Waals surface area contributed by atoms with Gasteiger partial charge in [0.1, 0.15) is 5.75 Å². The molecule has 1 saturated carbocycles. The predicted octanol–water partition coefficient (Wildman–Crippen LogP) is -0.0290. The molecule has 0 amide bonds. The molecule has 1 fully saturated rings. The zero-order valence-electron chi connectivity index (χ0n) is 8.41. The summed E-state index contributed by atoms with van der Waals surface area (Å²) in [4.78, 5) is 0.160. The van der Waals surface area contributed by atoms with E-state index in [0.717, 1.165) is 0 Å². The molecule has 0 bridgehead atoms. The van der Waals surface area contributed by atoms with Crippen LogP contribution in [-0.2, 0) is 9.84 Å². The lowest BCUT2D eigenvalue weighted by atomic mass is 10.2. The van der Waals surface area contributed by atoms with Crippen LogP contribution in [-0.4, -0.2) is 31.0 Å². The fourth-order valence-electron chi connectivity index (χ4n) is 1.42. The molecule has 2 rings (SSSR count). The van der Waals surface area contributed by atoms with Gasteiger partial charge in [-0.3, -0.25) is 0 Å². The SMILES string of the molecule is O=S(=O)(c1cccc(OB(O)O)c1)C1CC1. The van der Waals surface area contributed by atoms with Crippen molar-refractivity contribution in [2.24, 2.45) is 0 Å². The molecule has 86 valence electrons. The average molecular weight is 242 g/mol. The molecular weight excluding hydrogens is 231 g/mol. The van der Waals surface area contributed by atoms with Crippen molar-refractivity contribution in [1.29, 1.82) is 0 Å². The van der Waals surface area contributed by atoms with Crippen molar-refractivity contribution in [3.05, 3.63) is 24.3 Å². The van der Waals surface area contributed by atoms with Gasteiger partial charge in [-0.05, 0) is 31.0 Å². The number of benzene rings is 1. The van der Waals surface area contributed by atoms with Crippen molar-refractivity contribution < 1.29 is 23.1 Å². The summed E-state index contributed by atoms with van der Waals surface area (Å²) in [7, 11) is -5.21. The highest BCUT2D eigenvalue weighted by Crippen LogP contribution is 2.34. The summed E-state index contributed by atoms with van der Waals surface area (Å²) in [6, 6.07) is 5.75. The summed E-state index contributed by atoms with van der Waals surface area (Å²) in [6.45, 7) is 0. The minimum atomic E-state index is -3.27. The van der Waals surface area contributed by atoms with Crippen LogP contribution in [0.15, 0.2) is 29.2 Å². The summed E-state index contributed by atoms with van der Waals surface area (Å²) in [5, 5.41) is 16.9. The molecule has 0 atom stereocenters. The Labute approximate surface area is 93.8 Å². The second kappa shape index (κ2) is 4.08. The standard InChI is InChI=1S/C9H11BO5S/c11-10(12)15-7-2-1-3-9(6-7)16(13,14)8-4-5-8/h1-3,6,8,11-12H,4-5H2. The zero-order valence-corrected chi connectivity index (χ0v) is 9.22. The van der Waals surface area contributed by atoms with Gasteiger partial charge < -0.3 is 14.7 Å². The smallest absolute Gasteiger partial charge is 0.512 e. The van der Waals surface area contributed by atoms with Crippen LogP contribution in [0.5, 0.6) is 5.75 Å². The van der Waals surface area contributed by atoms with Gasteiger partial charge in [0.25, 0.3) is 0 Å². The van der Waals surface area contributed by atoms with Crippen LogP contribution in [0.1, 0.15) is 12.8 Å². The van der Waals surface area contributed by atoms with Crippen molar-refractivity contribution in [3.63, 3.8) is 0 Å². The van der Waals surface area contributed by atoms with E-state index in [0.29, 0.717) is 12.8 Å². The van der Waals surface area contributed by atoms with E-state index >= 15 is 0 Å². The maximum atomic E-state index is 11.9. The molecule has 0 aliphatic heterocycles. The van der Waals surface area contributed by atoms with Crippen LogP contribution < -0.4 is 4.65 Å². The minimum absolute atomic E-state index is 0.122. The Morgan fingerprint density at radius 1 is 1.31 bits per heavy atom. The zero-order chi connectivity index (χ0) is 11.8. The summed E-state index contributed by atoms with van der Waals surface area (Å²) in [5.74, 6) is 0.122. The lowest BCUT2D eigenvalue weighted by molar-refractivity contribution is 0.288. The Balaban J connectivity index is 2.28. The Morgan fingerprint density at radius 2 is 2.00 bits per heavy atom. The van der Waals surface area contributed by atoms with Gasteiger partial charge in [0, 0.05) is 0 Å². The first kappa shape index (κ1) is 11.4. The van der Waals surface area contributed by atoms with Gasteiger partial charge in [-0.1, -0.05) is 6.07 Å². The monoisotopic (exact) mass is 242 g/mol. The summed E-state index contributed by atoms with van der Waals surface area (Å²) >= 11 is 0. The number of rotatable bonds is 4. The van der Waals surface area contributed by atoms with Gasteiger partial charge in [-0.15, -0.1) is 0 Å². The number of sulfone groups is 1. The number of hydrogen-bond donors (Lipinski definition) is 2. The van der Waals surface area contributed by atoms with E-state index in [1.807, 2.05) is 0 Å². The molecule has 0 saturated heterocycles. The normalized spacial score (nSPS) is 15.9. The van der Waals surface area contributed by atoms with Crippen molar-refractivity contribution in [1.82, 2.24) is 0 Å². The van der Waals surface area contributed by atoms with Crippen LogP contribution in [0.3, 0.4) is 0 Å². The molecule has 1 aliphatic rings. The van der Waals surface area contributed by atoms with Crippen LogP contribution >= 0.6 is 0 Å². The van der Waals surface area contributed by atoms with Gasteiger partial charge in [0.15, 0.2) is 9.84 Å².